The quantitative estimate of drug-likeness (QED) is 0.757. The summed E-state index contributed by atoms with van der Waals surface area (Å²) in [6.45, 7) is 2.14. The minimum absolute atomic E-state index is 0.0574. The summed E-state index contributed by atoms with van der Waals surface area (Å²) in [6.07, 6.45) is 4.06. The number of hydrogen-bond donors (Lipinski definition) is 1. The Morgan fingerprint density at radius 3 is 2.96 bits per heavy atom. The minimum Gasteiger partial charge on any atom is -0.381 e. The van der Waals surface area contributed by atoms with Gasteiger partial charge >= 0.3 is 0 Å². The largest absolute Gasteiger partial charge is 0.381 e. The van der Waals surface area contributed by atoms with Gasteiger partial charge in [0.15, 0.2) is 0 Å². The number of imidazole rings is 1. The number of aromatic amines is 1. The van der Waals surface area contributed by atoms with Crippen molar-refractivity contribution in [2.75, 3.05) is 19.8 Å². The SMILES string of the molecule is N#Cc1ccc2ncc3[nH]c(C4CC(=O)N(C5CCOCC5)C4)nc3c2c1. The molecule has 1 atom stereocenters. The second-order valence-corrected chi connectivity index (χ2v) is 7.28. The van der Waals surface area contributed by atoms with Crippen LogP contribution in [-0.4, -0.2) is 51.6 Å². The third-order valence-electron chi connectivity index (χ3n) is 5.64. The fraction of sp³-hybridized carbons (Fsp3) is 0.400. The lowest BCUT2D eigenvalue weighted by Gasteiger charge is -2.31. The van der Waals surface area contributed by atoms with Crippen LogP contribution in [0.5, 0.6) is 0 Å². The van der Waals surface area contributed by atoms with Gasteiger partial charge in [-0.1, -0.05) is 0 Å². The van der Waals surface area contributed by atoms with Crippen LogP contribution in [0.1, 0.15) is 36.6 Å². The summed E-state index contributed by atoms with van der Waals surface area (Å²) in [5, 5.41) is 10.0. The number of benzene rings is 1. The Labute approximate surface area is 156 Å². The van der Waals surface area contributed by atoms with Crippen molar-refractivity contribution in [1.29, 1.82) is 5.26 Å². The molecule has 1 N–H and O–H groups in total. The van der Waals surface area contributed by atoms with Gasteiger partial charge in [-0.2, -0.15) is 5.26 Å². The molecule has 2 aliphatic heterocycles. The molecule has 0 saturated carbocycles. The van der Waals surface area contributed by atoms with E-state index in [1.54, 1.807) is 12.3 Å². The van der Waals surface area contributed by atoms with Crippen LogP contribution >= 0.6 is 0 Å². The number of aromatic nitrogens is 3. The molecule has 1 amide bonds. The van der Waals surface area contributed by atoms with Crippen LogP contribution < -0.4 is 0 Å². The van der Waals surface area contributed by atoms with Gasteiger partial charge < -0.3 is 14.6 Å². The summed E-state index contributed by atoms with van der Waals surface area (Å²) >= 11 is 0. The lowest BCUT2D eigenvalue weighted by Crippen LogP contribution is -2.40. The third kappa shape index (κ3) is 2.73. The second kappa shape index (κ2) is 6.32. The number of likely N-dealkylation sites (tertiary alicyclic amines) is 1. The van der Waals surface area contributed by atoms with Gasteiger partial charge in [-0.15, -0.1) is 0 Å². The monoisotopic (exact) mass is 361 g/mol. The number of carbonyl (C=O) groups is 1. The van der Waals surface area contributed by atoms with Crippen molar-refractivity contribution in [3.8, 4) is 6.07 Å². The van der Waals surface area contributed by atoms with Crippen LogP contribution in [0.15, 0.2) is 24.4 Å². The number of H-pyrrole nitrogens is 1. The van der Waals surface area contributed by atoms with E-state index in [0.717, 1.165) is 53.8 Å². The van der Waals surface area contributed by atoms with Crippen LogP contribution in [0, 0.1) is 11.3 Å². The average Bonchev–Trinajstić information content (AvgIpc) is 3.32. The molecule has 7 heteroatoms. The summed E-state index contributed by atoms with van der Waals surface area (Å²) in [5.74, 6) is 1.08. The van der Waals surface area contributed by atoms with Crippen molar-refractivity contribution >= 4 is 27.8 Å². The molecule has 2 aliphatic rings. The first-order valence-corrected chi connectivity index (χ1v) is 9.28. The lowest BCUT2D eigenvalue weighted by molar-refractivity contribution is -0.131. The van der Waals surface area contributed by atoms with Gasteiger partial charge in [-0.05, 0) is 31.0 Å². The molecule has 0 bridgehead atoms. The number of pyridine rings is 1. The highest BCUT2D eigenvalue weighted by molar-refractivity contribution is 6.02. The number of nitrogens with zero attached hydrogens (tertiary/aromatic N) is 4. The fourth-order valence-electron chi connectivity index (χ4n) is 4.20. The van der Waals surface area contributed by atoms with Crippen LogP contribution in [0.3, 0.4) is 0 Å². The van der Waals surface area contributed by atoms with Gasteiger partial charge in [0.05, 0.1) is 34.4 Å². The Kier molecular flexibility index (Phi) is 3.80. The normalized spacial score (nSPS) is 21.2. The topological polar surface area (TPSA) is 94.9 Å². The third-order valence-corrected chi connectivity index (χ3v) is 5.64. The standard InChI is InChI=1S/C20H19N5O2/c21-9-12-1-2-16-15(7-12)19-17(10-22-16)23-20(24-19)13-8-18(26)25(11-13)14-3-5-27-6-4-14/h1-2,7,10,13-14H,3-6,8,11H2,(H,23,24). The maximum Gasteiger partial charge on any atom is 0.223 e. The maximum atomic E-state index is 12.6. The highest BCUT2D eigenvalue weighted by Gasteiger charge is 2.37. The first kappa shape index (κ1) is 16.2. The van der Waals surface area contributed by atoms with E-state index >= 15 is 0 Å². The summed E-state index contributed by atoms with van der Waals surface area (Å²) in [7, 11) is 0. The van der Waals surface area contributed by atoms with Gasteiger partial charge in [0.1, 0.15) is 5.82 Å². The Hall–Kier alpha value is -2.98. The first-order chi connectivity index (χ1) is 13.2. The summed E-state index contributed by atoms with van der Waals surface area (Å²) in [4.78, 5) is 27.2. The first-order valence-electron chi connectivity index (χ1n) is 9.28. The number of fused-ring (bicyclic) bond motifs is 3. The minimum atomic E-state index is 0.0574. The molecule has 2 aromatic heterocycles. The number of nitriles is 1. The number of hydrogen-bond acceptors (Lipinski definition) is 5. The summed E-state index contributed by atoms with van der Waals surface area (Å²) in [6, 6.07) is 7.87. The van der Waals surface area contributed by atoms with E-state index in [1.165, 1.54) is 0 Å². The van der Waals surface area contributed by atoms with E-state index in [1.807, 2.05) is 17.0 Å². The van der Waals surface area contributed by atoms with Crippen molar-refractivity contribution in [3.05, 3.63) is 35.8 Å². The number of ether oxygens (including phenoxy) is 1. The van der Waals surface area contributed by atoms with Gasteiger partial charge in [-0.3, -0.25) is 9.78 Å². The van der Waals surface area contributed by atoms with E-state index in [0.29, 0.717) is 18.5 Å². The average molecular weight is 361 g/mol. The molecule has 5 rings (SSSR count). The van der Waals surface area contributed by atoms with E-state index in [-0.39, 0.29) is 17.9 Å². The second-order valence-electron chi connectivity index (χ2n) is 7.28. The van der Waals surface area contributed by atoms with Crippen LogP contribution in [0.4, 0.5) is 0 Å². The molecule has 27 heavy (non-hydrogen) atoms. The molecule has 2 saturated heterocycles. The number of rotatable bonds is 2. The van der Waals surface area contributed by atoms with Gasteiger partial charge in [0.25, 0.3) is 0 Å². The molecular weight excluding hydrogens is 342 g/mol. The van der Waals surface area contributed by atoms with Crippen molar-refractivity contribution < 1.29 is 9.53 Å². The van der Waals surface area contributed by atoms with Crippen LogP contribution in [0.2, 0.25) is 0 Å². The molecular formula is C20H19N5O2. The van der Waals surface area contributed by atoms with Gasteiger partial charge in [-0.25, -0.2) is 4.98 Å². The molecule has 7 nitrogen and oxygen atoms in total. The number of amides is 1. The molecule has 0 radical (unpaired) electrons. The van der Waals surface area contributed by atoms with E-state index in [4.69, 9.17) is 9.72 Å². The molecule has 0 aliphatic carbocycles. The molecule has 2 fully saturated rings. The Morgan fingerprint density at radius 2 is 2.15 bits per heavy atom. The number of carbonyl (C=O) groups excluding carboxylic acids is 1. The Morgan fingerprint density at radius 1 is 1.30 bits per heavy atom. The van der Waals surface area contributed by atoms with Gasteiger partial charge in [0.2, 0.25) is 5.91 Å². The van der Waals surface area contributed by atoms with Crippen molar-refractivity contribution in [3.63, 3.8) is 0 Å². The molecule has 4 heterocycles. The zero-order valence-electron chi connectivity index (χ0n) is 14.8. The highest BCUT2D eigenvalue weighted by atomic mass is 16.5. The molecule has 1 aromatic carbocycles. The van der Waals surface area contributed by atoms with Crippen LogP contribution in [-0.2, 0) is 9.53 Å². The zero-order valence-corrected chi connectivity index (χ0v) is 14.8. The van der Waals surface area contributed by atoms with E-state index in [9.17, 15) is 10.1 Å². The van der Waals surface area contributed by atoms with Crippen molar-refractivity contribution in [2.45, 2.75) is 31.2 Å². The highest BCUT2D eigenvalue weighted by Crippen LogP contribution is 2.32. The smallest absolute Gasteiger partial charge is 0.223 e. The predicted molar refractivity (Wildman–Crippen MR) is 99.0 cm³/mol. The molecule has 0 spiro atoms. The molecule has 136 valence electrons. The van der Waals surface area contributed by atoms with Crippen molar-refractivity contribution in [1.82, 2.24) is 19.9 Å². The molecule has 1 unspecified atom stereocenters. The zero-order chi connectivity index (χ0) is 18.4. The Balaban J connectivity index is 1.49. The summed E-state index contributed by atoms with van der Waals surface area (Å²) < 4.78 is 5.42. The van der Waals surface area contributed by atoms with Gasteiger partial charge in [0, 0.05) is 43.5 Å². The lowest BCUT2D eigenvalue weighted by atomic mass is 10.1. The van der Waals surface area contributed by atoms with Crippen LogP contribution in [0.25, 0.3) is 21.9 Å². The van der Waals surface area contributed by atoms with E-state index < -0.39 is 0 Å². The maximum absolute atomic E-state index is 12.6. The Bertz CT molecular complexity index is 1080. The fourth-order valence-corrected chi connectivity index (χ4v) is 4.20. The molecule has 3 aromatic rings. The van der Waals surface area contributed by atoms with E-state index in [2.05, 4.69) is 16.0 Å². The summed E-state index contributed by atoms with van der Waals surface area (Å²) in [5.41, 5.74) is 3.04. The number of nitrogens with one attached hydrogen (secondary N) is 1. The van der Waals surface area contributed by atoms with Crippen molar-refractivity contribution in [2.24, 2.45) is 0 Å². The predicted octanol–water partition coefficient (Wildman–Crippen LogP) is 2.48.